The Bertz CT molecular complexity index is 1300. The number of halogens is 2. The molecular weight excluding hydrogens is 695 g/mol. The fourth-order valence-corrected chi connectivity index (χ4v) is 3.09. The van der Waals surface area contributed by atoms with Gasteiger partial charge in [0.1, 0.15) is 0 Å². The molecule has 0 bridgehead atoms. The topological polar surface area (TPSA) is 262 Å². The Morgan fingerprint density at radius 1 is 0.277 bits per heavy atom. The average Bonchev–Trinajstić information content (AvgIpc) is 3.06. The van der Waals surface area contributed by atoms with E-state index in [9.17, 15) is 0 Å². The first-order valence-corrected chi connectivity index (χ1v) is 15.1. The summed E-state index contributed by atoms with van der Waals surface area (Å²) in [6.45, 7) is 0. The molecule has 47 heavy (non-hydrogen) atoms. The Balaban J connectivity index is 0.000000307. The minimum absolute atomic E-state index is 0. The van der Waals surface area contributed by atoms with Crippen LogP contribution in [0.4, 0.5) is 0 Å². The first kappa shape index (κ1) is 40.7. The molecule has 242 valence electrons. The predicted molar refractivity (Wildman–Crippen MR) is 142 cm³/mol. The molecule has 0 aromatic carbocycles. The molecule has 14 nitrogen and oxygen atoms in total. The molecule has 6 heterocycles. The molecule has 0 unspecified atom stereocenters. The van der Waals surface area contributed by atoms with Crippen LogP contribution in [0.1, 0.15) is 0 Å². The molecule has 0 fully saturated rings. The first-order valence-electron chi connectivity index (χ1n) is 12.6. The Hall–Kier alpha value is -4.31. The van der Waals surface area contributed by atoms with Crippen molar-refractivity contribution in [3.8, 4) is 34.2 Å². The fraction of sp³-hybridized carbons (Fsp3) is 0. The third-order valence-electron chi connectivity index (χ3n) is 4.78. The van der Waals surface area contributed by atoms with Crippen LogP contribution in [0.25, 0.3) is 34.2 Å². The third kappa shape index (κ3) is 21.2. The Morgan fingerprint density at radius 2 is 0.404 bits per heavy atom. The molecule has 6 aromatic heterocycles. The molecule has 0 atom stereocenters. The van der Waals surface area contributed by atoms with Gasteiger partial charge in [-0.3, -0.25) is 29.9 Å². The monoisotopic (exact) mass is 718 g/mol. The van der Waals surface area contributed by atoms with E-state index in [4.69, 9.17) is 37.3 Å². The van der Waals surface area contributed by atoms with Gasteiger partial charge in [0.25, 0.3) is 0 Å². The van der Waals surface area contributed by atoms with E-state index in [1.54, 1.807) is 37.2 Å². The molecule has 6 aromatic rings. The quantitative estimate of drug-likeness (QED) is 0.176. The predicted octanol–water partition coefficient (Wildman–Crippen LogP) is -3.08. The van der Waals surface area contributed by atoms with Crippen LogP contribution in [-0.2, 0) is 17.4 Å². The molecule has 0 saturated heterocycles. The molecule has 0 saturated carbocycles. The standard InChI is InChI=1S/3C10H8N2.2ClHO4.Cr/c3*1-3-7-11-9(5-1)10-6-2-4-8-12-10;2*2-1(3,4)5;/h3*1-8H;2*(H,2,3,4,5);/q;;;;;+2/p-2. The third-order valence-corrected chi connectivity index (χ3v) is 4.78. The first-order chi connectivity index (χ1) is 21.9. The molecule has 0 N–H and O–H groups in total. The van der Waals surface area contributed by atoms with Gasteiger partial charge in [0.15, 0.2) is 0 Å². The van der Waals surface area contributed by atoms with Gasteiger partial charge in [0.05, 0.1) is 34.2 Å². The van der Waals surface area contributed by atoms with Crippen molar-refractivity contribution in [2.75, 3.05) is 0 Å². The van der Waals surface area contributed by atoms with Gasteiger partial charge in [-0.15, -0.1) is 20.5 Å². The van der Waals surface area contributed by atoms with Crippen molar-refractivity contribution >= 4 is 0 Å². The van der Waals surface area contributed by atoms with E-state index < -0.39 is 20.5 Å². The summed E-state index contributed by atoms with van der Waals surface area (Å²) in [5.41, 5.74) is 5.49. The van der Waals surface area contributed by atoms with E-state index in [1.165, 1.54) is 0 Å². The van der Waals surface area contributed by atoms with Crippen molar-refractivity contribution in [3.63, 3.8) is 0 Å². The number of rotatable bonds is 3. The van der Waals surface area contributed by atoms with E-state index in [1.807, 2.05) is 109 Å². The number of nitrogens with zero attached hydrogens (tertiary/aromatic N) is 6. The van der Waals surface area contributed by atoms with Gasteiger partial charge in [-0.1, -0.05) is 36.4 Å². The van der Waals surface area contributed by atoms with Gasteiger partial charge >= 0.3 is 17.4 Å². The summed E-state index contributed by atoms with van der Waals surface area (Å²) in [6, 6.07) is 34.8. The summed E-state index contributed by atoms with van der Waals surface area (Å²) in [5.74, 6) is 0. The summed E-state index contributed by atoms with van der Waals surface area (Å²) < 4.78 is 67.9. The summed E-state index contributed by atoms with van der Waals surface area (Å²) in [7, 11) is -9.89. The van der Waals surface area contributed by atoms with Crippen molar-refractivity contribution in [3.05, 3.63) is 146 Å². The zero-order valence-electron chi connectivity index (χ0n) is 24.0. The minimum Gasteiger partial charge on any atom is -0.255 e. The van der Waals surface area contributed by atoms with E-state index in [-0.39, 0.29) is 17.4 Å². The van der Waals surface area contributed by atoms with Crippen molar-refractivity contribution < 1.29 is 75.1 Å². The zero-order valence-corrected chi connectivity index (χ0v) is 26.8. The second-order valence-electron chi connectivity index (χ2n) is 8.05. The van der Waals surface area contributed by atoms with Crippen molar-refractivity contribution in [1.29, 1.82) is 0 Å². The second-order valence-corrected chi connectivity index (χ2v) is 9.56. The smallest absolute Gasteiger partial charge is 0.255 e. The number of aromatic nitrogens is 6. The van der Waals surface area contributed by atoms with Crippen LogP contribution in [-0.4, -0.2) is 29.9 Å². The molecule has 0 radical (unpaired) electrons. The van der Waals surface area contributed by atoms with Gasteiger partial charge in [-0.25, -0.2) is 37.3 Å². The van der Waals surface area contributed by atoms with Gasteiger partial charge in [-0.2, -0.15) is 0 Å². The van der Waals surface area contributed by atoms with Crippen LogP contribution in [0.2, 0.25) is 0 Å². The number of hydrogen-bond donors (Lipinski definition) is 0. The minimum atomic E-state index is -4.94. The van der Waals surface area contributed by atoms with E-state index in [0.29, 0.717) is 0 Å². The summed E-state index contributed by atoms with van der Waals surface area (Å²) in [6.07, 6.45) is 10.6. The van der Waals surface area contributed by atoms with Crippen LogP contribution in [0.3, 0.4) is 0 Å². The maximum absolute atomic E-state index is 8.49. The zero-order chi connectivity index (χ0) is 33.7. The van der Waals surface area contributed by atoms with Gasteiger partial charge in [-0.05, 0) is 72.8 Å². The maximum Gasteiger partial charge on any atom is 2.00 e. The van der Waals surface area contributed by atoms with Crippen LogP contribution < -0.4 is 37.3 Å². The molecular formula is C30H24Cl2CrN6O8. The summed E-state index contributed by atoms with van der Waals surface area (Å²) in [5, 5.41) is 0. The summed E-state index contributed by atoms with van der Waals surface area (Å²) in [4.78, 5) is 25.1. The van der Waals surface area contributed by atoms with Crippen LogP contribution in [0, 0.1) is 20.5 Å². The van der Waals surface area contributed by atoms with E-state index in [2.05, 4.69) is 29.9 Å². The van der Waals surface area contributed by atoms with Gasteiger partial charge < -0.3 is 0 Å². The molecule has 0 aliphatic rings. The molecule has 17 heteroatoms. The van der Waals surface area contributed by atoms with Crippen molar-refractivity contribution in [1.82, 2.24) is 29.9 Å². The van der Waals surface area contributed by atoms with Crippen molar-refractivity contribution in [2.24, 2.45) is 0 Å². The Labute approximate surface area is 284 Å². The molecule has 0 aliphatic heterocycles. The second kappa shape index (κ2) is 22.3. The van der Waals surface area contributed by atoms with Gasteiger partial charge in [0, 0.05) is 37.2 Å². The van der Waals surface area contributed by atoms with Crippen molar-refractivity contribution in [2.45, 2.75) is 0 Å². The Kier molecular flexibility index (Phi) is 19.3. The summed E-state index contributed by atoms with van der Waals surface area (Å²) >= 11 is 0. The number of hydrogen-bond acceptors (Lipinski definition) is 14. The van der Waals surface area contributed by atoms with Crippen LogP contribution in [0.15, 0.2) is 146 Å². The molecule has 0 amide bonds. The van der Waals surface area contributed by atoms with Crippen LogP contribution in [0.5, 0.6) is 0 Å². The van der Waals surface area contributed by atoms with E-state index in [0.717, 1.165) is 34.2 Å². The normalized spacial score (nSPS) is 9.96. The van der Waals surface area contributed by atoms with Crippen LogP contribution >= 0.6 is 0 Å². The largest absolute Gasteiger partial charge is 2.00 e. The molecule has 6 rings (SSSR count). The number of pyridine rings is 6. The molecule has 0 aliphatic carbocycles. The van der Waals surface area contributed by atoms with Gasteiger partial charge in [0.2, 0.25) is 0 Å². The fourth-order valence-electron chi connectivity index (χ4n) is 3.09. The molecule has 0 spiro atoms. The van der Waals surface area contributed by atoms with E-state index >= 15 is 0 Å². The average molecular weight is 719 g/mol. The Morgan fingerprint density at radius 3 is 0.489 bits per heavy atom. The SMILES string of the molecule is [Cr+2].[O-][Cl+3]([O-])([O-])[O-].[O-][Cl+3]([O-])([O-])[O-].c1ccc(-c2ccccn2)nc1.c1ccc(-c2ccccn2)nc1.c1ccc(-c2ccccn2)nc1. The maximum atomic E-state index is 8.49.